The summed E-state index contributed by atoms with van der Waals surface area (Å²) in [6, 6.07) is 33.2. The van der Waals surface area contributed by atoms with Crippen LogP contribution in [0.2, 0.25) is 0 Å². The highest BCUT2D eigenvalue weighted by Gasteiger charge is 2.35. The number of benzene rings is 5. The minimum Gasteiger partial charge on any atom is -0.457 e. The minimum atomic E-state index is -4.63. The maximum atomic E-state index is 13.8. The molecule has 0 heterocycles. The van der Waals surface area contributed by atoms with E-state index in [1.54, 1.807) is 24.3 Å². The van der Waals surface area contributed by atoms with Gasteiger partial charge in [0.05, 0.1) is 5.56 Å². The Morgan fingerprint density at radius 1 is 0.525 bits per heavy atom. The first-order chi connectivity index (χ1) is 19.2. The van der Waals surface area contributed by atoms with Gasteiger partial charge in [-0.25, -0.2) is 0 Å². The molecule has 0 aromatic heterocycles. The Bertz CT molecular complexity index is 1600. The first kappa shape index (κ1) is 26.7. The van der Waals surface area contributed by atoms with E-state index in [-0.39, 0.29) is 11.5 Å². The molecule has 0 aliphatic rings. The molecule has 0 atom stereocenters. The van der Waals surface area contributed by atoms with Crippen molar-refractivity contribution >= 4 is 11.4 Å². The van der Waals surface area contributed by atoms with Crippen LogP contribution >= 0.6 is 0 Å². The van der Waals surface area contributed by atoms with Gasteiger partial charge in [0.15, 0.2) is 0 Å². The lowest BCUT2D eigenvalue weighted by Gasteiger charge is -2.17. The van der Waals surface area contributed by atoms with Crippen molar-refractivity contribution in [3.63, 3.8) is 0 Å². The van der Waals surface area contributed by atoms with Gasteiger partial charge in [0.2, 0.25) is 0 Å². The van der Waals surface area contributed by atoms with Crippen LogP contribution in [-0.4, -0.2) is 0 Å². The first-order valence-electron chi connectivity index (χ1n) is 12.7. The molecule has 5 aromatic carbocycles. The molecule has 4 nitrogen and oxygen atoms in total. The van der Waals surface area contributed by atoms with E-state index in [1.165, 1.54) is 18.2 Å². The molecule has 7 heteroatoms. The molecule has 0 aliphatic carbocycles. The molecule has 5 rings (SSSR count). The van der Waals surface area contributed by atoms with Gasteiger partial charge < -0.3 is 20.9 Å². The molecule has 0 amide bonds. The van der Waals surface area contributed by atoms with Gasteiger partial charge in [0, 0.05) is 29.6 Å². The van der Waals surface area contributed by atoms with Crippen LogP contribution in [-0.2, 0) is 19.0 Å². The fourth-order valence-electron chi connectivity index (χ4n) is 4.37. The van der Waals surface area contributed by atoms with Crippen molar-refractivity contribution in [2.45, 2.75) is 19.0 Å². The lowest BCUT2D eigenvalue weighted by Crippen LogP contribution is -2.07. The van der Waals surface area contributed by atoms with Crippen molar-refractivity contribution in [3.05, 3.63) is 143 Å². The van der Waals surface area contributed by atoms with Gasteiger partial charge in [0.1, 0.15) is 23.0 Å². The smallest absolute Gasteiger partial charge is 0.419 e. The SMILES string of the molecule is Nc1cc(Oc2ccc(C(F)(F)F)c(Oc3ccc(Cc4ccccc4)c(N)c3)c2)ccc1Cc1ccccc1. The summed E-state index contributed by atoms with van der Waals surface area (Å²) in [4.78, 5) is 0. The van der Waals surface area contributed by atoms with Crippen molar-refractivity contribution < 1.29 is 22.6 Å². The third-order valence-corrected chi connectivity index (χ3v) is 6.43. The summed E-state index contributed by atoms with van der Waals surface area (Å²) in [6.07, 6.45) is -3.38. The number of nitrogens with two attached hydrogens (primary N) is 2. The number of rotatable bonds is 8. The van der Waals surface area contributed by atoms with E-state index >= 15 is 0 Å². The summed E-state index contributed by atoms with van der Waals surface area (Å²) in [5.41, 5.74) is 16.4. The second-order valence-electron chi connectivity index (χ2n) is 9.41. The second-order valence-corrected chi connectivity index (χ2v) is 9.41. The molecule has 0 fully saturated rings. The van der Waals surface area contributed by atoms with Gasteiger partial charge in [0.25, 0.3) is 0 Å². The number of hydrogen-bond donors (Lipinski definition) is 2. The molecule has 5 aromatic rings. The topological polar surface area (TPSA) is 70.5 Å². The third-order valence-electron chi connectivity index (χ3n) is 6.43. The summed E-state index contributed by atoms with van der Waals surface area (Å²) < 4.78 is 53.0. The van der Waals surface area contributed by atoms with Crippen molar-refractivity contribution in [2.24, 2.45) is 0 Å². The van der Waals surface area contributed by atoms with Crippen molar-refractivity contribution in [1.29, 1.82) is 0 Å². The van der Waals surface area contributed by atoms with E-state index < -0.39 is 17.5 Å². The minimum absolute atomic E-state index is 0.173. The zero-order valence-corrected chi connectivity index (χ0v) is 21.5. The van der Waals surface area contributed by atoms with E-state index in [4.69, 9.17) is 20.9 Å². The number of hydrogen-bond acceptors (Lipinski definition) is 4. The van der Waals surface area contributed by atoms with E-state index in [0.717, 1.165) is 28.3 Å². The number of halogens is 3. The van der Waals surface area contributed by atoms with Crippen LogP contribution < -0.4 is 20.9 Å². The standard InChI is InChI=1S/C33H27F3N2O2/c34-33(35,36)29-16-15-28(39-26-13-11-24(30(37)19-26)17-22-7-3-1-4-8-22)21-32(29)40-27-14-12-25(31(38)20-27)18-23-9-5-2-6-10-23/h1-16,19-21H,17-18,37-38H2. The molecule has 0 bridgehead atoms. The zero-order valence-electron chi connectivity index (χ0n) is 21.5. The summed E-state index contributed by atoms with van der Waals surface area (Å²) in [7, 11) is 0. The van der Waals surface area contributed by atoms with Crippen molar-refractivity contribution in [2.75, 3.05) is 11.5 Å². The Labute approximate surface area is 230 Å². The Hall–Kier alpha value is -4.91. The van der Waals surface area contributed by atoms with Gasteiger partial charge in [-0.3, -0.25) is 0 Å². The number of anilines is 2. The van der Waals surface area contributed by atoms with Crippen LogP contribution in [0.4, 0.5) is 24.5 Å². The summed E-state index contributed by atoms with van der Waals surface area (Å²) in [5, 5.41) is 0. The molecule has 0 spiro atoms. The van der Waals surface area contributed by atoms with Gasteiger partial charge in [-0.15, -0.1) is 0 Å². The summed E-state index contributed by atoms with van der Waals surface area (Å²) >= 11 is 0. The third kappa shape index (κ3) is 6.56. The van der Waals surface area contributed by atoms with Crippen LogP contribution in [0.5, 0.6) is 23.0 Å². The Kier molecular flexibility index (Phi) is 7.64. The summed E-state index contributed by atoms with van der Waals surface area (Å²) in [6.45, 7) is 0. The molecule has 40 heavy (non-hydrogen) atoms. The van der Waals surface area contributed by atoms with Crippen LogP contribution in [0.3, 0.4) is 0 Å². The molecular formula is C33H27F3N2O2. The van der Waals surface area contributed by atoms with Gasteiger partial charge in [-0.2, -0.15) is 13.2 Å². The lowest BCUT2D eigenvalue weighted by molar-refractivity contribution is -0.138. The van der Waals surface area contributed by atoms with Gasteiger partial charge in [-0.05, 0) is 59.4 Å². The van der Waals surface area contributed by atoms with E-state index in [9.17, 15) is 13.2 Å². The van der Waals surface area contributed by atoms with E-state index in [0.29, 0.717) is 30.0 Å². The van der Waals surface area contributed by atoms with Crippen LogP contribution in [0, 0.1) is 0 Å². The average molecular weight is 541 g/mol. The van der Waals surface area contributed by atoms with Gasteiger partial charge in [-0.1, -0.05) is 72.8 Å². The molecule has 0 aliphatic heterocycles. The van der Waals surface area contributed by atoms with Crippen molar-refractivity contribution in [3.8, 4) is 23.0 Å². The maximum Gasteiger partial charge on any atom is 0.419 e. The maximum absolute atomic E-state index is 13.8. The fourth-order valence-corrected chi connectivity index (χ4v) is 4.37. The average Bonchev–Trinajstić information content (AvgIpc) is 2.92. The zero-order chi connectivity index (χ0) is 28.1. The Balaban J connectivity index is 1.36. The van der Waals surface area contributed by atoms with E-state index in [2.05, 4.69) is 0 Å². The molecule has 202 valence electrons. The van der Waals surface area contributed by atoms with E-state index in [1.807, 2.05) is 66.7 Å². The monoisotopic (exact) mass is 540 g/mol. The van der Waals surface area contributed by atoms with Crippen LogP contribution in [0.25, 0.3) is 0 Å². The highest BCUT2D eigenvalue weighted by molar-refractivity contribution is 5.56. The molecule has 0 unspecified atom stereocenters. The summed E-state index contributed by atoms with van der Waals surface area (Å²) in [5.74, 6) is 0.363. The quantitative estimate of drug-likeness (QED) is 0.193. The predicted octanol–water partition coefficient (Wildman–Crippen LogP) is 8.64. The van der Waals surface area contributed by atoms with Crippen LogP contribution in [0.1, 0.15) is 27.8 Å². The highest BCUT2D eigenvalue weighted by Crippen LogP contribution is 2.41. The molecular weight excluding hydrogens is 513 g/mol. The second kappa shape index (κ2) is 11.5. The molecule has 0 saturated heterocycles. The largest absolute Gasteiger partial charge is 0.457 e. The number of alkyl halides is 3. The first-order valence-corrected chi connectivity index (χ1v) is 12.7. The Morgan fingerprint density at radius 3 is 1.45 bits per heavy atom. The Morgan fingerprint density at radius 2 is 0.975 bits per heavy atom. The normalized spacial score (nSPS) is 11.3. The molecule has 0 radical (unpaired) electrons. The van der Waals surface area contributed by atoms with Crippen molar-refractivity contribution in [1.82, 2.24) is 0 Å². The fraction of sp³-hybridized carbons (Fsp3) is 0.0909. The highest BCUT2D eigenvalue weighted by atomic mass is 19.4. The number of nitrogen functional groups attached to an aromatic ring is 2. The van der Waals surface area contributed by atoms with Gasteiger partial charge >= 0.3 is 6.18 Å². The molecule has 0 saturated carbocycles. The lowest BCUT2D eigenvalue weighted by atomic mass is 10.0. The molecule has 4 N–H and O–H groups in total. The number of ether oxygens (including phenoxy) is 2. The van der Waals surface area contributed by atoms with Crippen LogP contribution in [0.15, 0.2) is 115 Å². The predicted molar refractivity (Wildman–Crippen MR) is 152 cm³/mol.